The van der Waals surface area contributed by atoms with Gasteiger partial charge in [0.1, 0.15) is 11.6 Å². The second kappa shape index (κ2) is 7.62. The highest BCUT2D eigenvalue weighted by molar-refractivity contribution is 6.42. The molecule has 0 saturated heterocycles. The smallest absolute Gasteiger partial charge is 0.332 e. The molecular weight excluding hydrogens is 434 g/mol. The molecule has 0 amide bonds. The molecule has 7 nitrogen and oxygen atoms in total. The average molecular weight is 449 g/mol. The van der Waals surface area contributed by atoms with Gasteiger partial charge in [0.2, 0.25) is 0 Å². The van der Waals surface area contributed by atoms with Crippen LogP contribution in [0.3, 0.4) is 0 Å². The Balaban J connectivity index is 1.82. The van der Waals surface area contributed by atoms with E-state index in [1.807, 2.05) is 0 Å². The first-order valence-corrected chi connectivity index (χ1v) is 9.55. The highest BCUT2D eigenvalue weighted by Gasteiger charge is 2.20. The number of halogens is 3. The highest BCUT2D eigenvalue weighted by Crippen LogP contribution is 2.29. The van der Waals surface area contributed by atoms with Crippen LogP contribution in [0.5, 0.6) is 11.8 Å². The van der Waals surface area contributed by atoms with E-state index in [0.717, 1.165) is 4.57 Å². The lowest BCUT2D eigenvalue weighted by Gasteiger charge is -2.09. The quantitative estimate of drug-likeness (QED) is 0.476. The molecule has 0 unspecified atom stereocenters. The second-order valence-corrected chi connectivity index (χ2v) is 7.48. The van der Waals surface area contributed by atoms with E-state index in [1.165, 1.54) is 46.5 Å². The van der Waals surface area contributed by atoms with Crippen LogP contribution in [0.4, 0.5) is 4.39 Å². The predicted octanol–water partition coefficient (Wildman–Crippen LogP) is 3.72. The SMILES string of the molecule is Cn1c(Oc2ccc(Cl)c(Cl)c2)nc2c1c(=O)n(Cc1ccc(F)cc1)c(=O)n2C. The Labute approximate surface area is 179 Å². The van der Waals surface area contributed by atoms with E-state index in [4.69, 9.17) is 27.9 Å². The van der Waals surface area contributed by atoms with Gasteiger partial charge in [-0.15, -0.1) is 0 Å². The minimum absolute atomic E-state index is 0.00408. The van der Waals surface area contributed by atoms with Gasteiger partial charge >= 0.3 is 11.7 Å². The van der Waals surface area contributed by atoms with Gasteiger partial charge in [-0.2, -0.15) is 4.98 Å². The summed E-state index contributed by atoms with van der Waals surface area (Å²) in [5.41, 5.74) is -0.0935. The van der Waals surface area contributed by atoms with Crippen molar-refractivity contribution in [3.05, 3.63) is 84.7 Å². The topological polar surface area (TPSA) is 71.1 Å². The van der Waals surface area contributed by atoms with Crippen LogP contribution in [0.1, 0.15) is 5.56 Å². The van der Waals surface area contributed by atoms with Gasteiger partial charge in [-0.05, 0) is 29.8 Å². The molecule has 0 bridgehead atoms. The zero-order chi connectivity index (χ0) is 21.6. The number of nitrogens with zero attached hydrogens (tertiary/aromatic N) is 4. The fourth-order valence-corrected chi connectivity index (χ4v) is 3.36. The molecule has 0 N–H and O–H groups in total. The summed E-state index contributed by atoms with van der Waals surface area (Å²) in [6.45, 7) is -0.00408. The summed E-state index contributed by atoms with van der Waals surface area (Å²) in [5, 5.41) is 0.682. The molecule has 30 heavy (non-hydrogen) atoms. The second-order valence-electron chi connectivity index (χ2n) is 6.66. The Kier molecular flexibility index (Phi) is 5.13. The highest BCUT2D eigenvalue weighted by atomic mass is 35.5. The minimum atomic E-state index is -0.545. The molecule has 0 aliphatic heterocycles. The maximum absolute atomic E-state index is 13.2. The lowest BCUT2D eigenvalue weighted by atomic mass is 10.2. The van der Waals surface area contributed by atoms with E-state index >= 15 is 0 Å². The molecule has 4 aromatic rings. The van der Waals surface area contributed by atoms with Gasteiger partial charge < -0.3 is 4.74 Å². The summed E-state index contributed by atoms with van der Waals surface area (Å²) < 4.78 is 22.7. The van der Waals surface area contributed by atoms with Crippen molar-refractivity contribution in [2.24, 2.45) is 14.1 Å². The monoisotopic (exact) mass is 448 g/mol. The maximum Gasteiger partial charge on any atom is 0.332 e. The summed E-state index contributed by atoms with van der Waals surface area (Å²) >= 11 is 11.9. The molecular formula is C20H15Cl2FN4O3. The fraction of sp³-hybridized carbons (Fsp3) is 0.150. The number of aryl methyl sites for hydroxylation is 2. The molecule has 0 saturated carbocycles. The predicted molar refractivity (Wildman–Crippen MR) is 112 cm³/mol. The van der Waals surface area contributed by atoms with Crippen molar-refractivity contribution in [3.63, 3.8) is 0 Å². The van der Waals surface area contributed by atoms with Crippen molar-refractivity contribution in [1.29, 1.82) is 0 Å². The largest absolute Gasteiger partial charge is 0.425 e. The molecule has 2 aromatic heterocycles. The molecule has 4 rings (SSSR count). The van der Waals surface area contributed by atoms with Crippen molar-refractivity contribution in [2.75, 3.05) is 0 Å². The van der Waals surface area contributed by atoms with Crippen molar-refractivity contribution < 1.29 is 9.13 Å². The Bertz CT molecular complexity index is 1390. The van der Waals surface area contributed by atoms with Crippen molar-refractivity contribution in [2.45, 2.75) is 6.54 Å². The Morgan fingerprint density at radius 1 is 1.00 bits per heavy atom. The van der Waals surface area contributed by atoms with E-state index in [1.54, 1.807) is 19.2 Å². The van der Waals surface area contributed by atoms with Crippen LogP contribution in [0.2, 0.25) is 10.0 Å². The third kappa shape index (κ3) is 3.48. The number of fused-ring (bicyclic) bond motifs is 1. The summed E-state index contributed by atoms with van der Waals surface area (Å²) in [4.78, 5) is 30.1. The van der Waals surface area contributed by atoms with Crippen LogP contribution in [0.25, 0.3) is 11.2 Å². The van der Waals surface area contributed by atoms with Gasteiger partial charge in [0.05, 0.1) is 16.6 Å². The normalized spacial score (nSPS) is 11.2. The zero-order valence-corrected chi connectivity index (χ0v) is 17.4. The van der Waals surface area contributed by atoms with Crippen LogP contribution < -0.4 is 16.0 Å². The molecule has 0 radical (unpaired) electrons. The molecule has 0 spiro atoms. The van der Waals surface area contributed by atoms with Gasteiger partial charge in [-0.3, -0.25) is 18.5 Å². The van der Waals surface area contributed by atoms with Gasteiger partial charge in [-0.25, -0.2) is 9.18 Å². The summed E-state index contributed by atoms with van der Waals surface area (Å²) in [5.74, 6) is -0.0235. The van der Waals surface area contributed by atoms with E-state index < -0.39 is 17.1 Å². The van der Waals surface area contributed by atoms with Gasteiger partial charge in [0.25, 0.3) is 5.56 Å². The molecule has 0 aliphatic carbocycles. The first kappa shape index (κ1) is 20.2. The summed E-state index contributed by atoms with van der Waals surface area (Å²) in [6.07, 6.45) is 0. The number of ether oxygens (including phenoxy) is 1. The van der Waals surface area contributed by atoms with E-state index in [9.17, 15) is 14.0 Å². The maximum atomic E-state index is 13.2. The van der Waals surface area contributed by atoms with Gasteiger partial charge in [0, 0.05) is 20.2 Å². The lowest BCUT2D eigenvalue weighted by Crippen LogP contribution is -2.39. The fourth-order valence-electron chi connectivity index (χ4n) is 3.07. The van der Waals surface area contributed by atoms with Crippen LogP contribution in [-0.2, 0) is 20.6 Å². The van der Waals surface area contributed by atoms with Crippen molar-refractivity contribution >= 4 is 34.4 Å². The lowest BCUT2D eigenvalue weighted by molar-refractivity contribution is 0.427. The number of hydrogen-bond donors (Lipinski definition) is 0. The average Bonchev–Trinajstić information content (AvgIpc) is 3.04. The minimum Gasteiger partial charge on any atom is -0.425 e. The number of aromatic nitrogens is 4. The first-order chi connectivity index (χ1) is 14.3. The summed E-state index contributed by atoms with van der Waals surface area (Å²) in [7, 11) is 3.12. The van der Waals surface area contributed by atoms with Gasteiger partial charge in [-0.1, -0.05) is 35.3 Å². The molecule has 2 heterocycles. The van der Waals surface area contributed by atoms with E-state index in [2.05, 4.69) is 4.98 Å². The zero-order valence-electron chi connectivity index (χ0n) is 15.9. The van der Waals surface area contributed by atoms with Gasteiger partial charge in [0.15, 0.2) is 11.2 Å². The standard InChI is InChI=1S/C20H15Cl2FN4O3/c1-25-16-17(24-19(25)30-13-7-8-14(21)15(22)9-13)26(2)20(29)27(18(16)28)10-11-3-5-12(23)6-4-11/h3-9H,10H2,1-2H3. The molecule has 0 fully saturated rings. The van der Waals surface area contributed by atoms with E-state index in [-0.39, 0.29) is 23.7 Å². The number of hydrogen-bond acceptors (Lipinski definition) is 4. The Morgan fingerprint density at radius 3 is 2.37 bits per heavy atom. The van der Waals surface area contributed by atoms with Crippen LogP contribution >= 0.6 is 23.2 Å². The number of rotatable bonds is 4. The molecule has 0 atom stereocenters. The molecule has 2 aromatic carbocycles. The van der Waals surface area contributed by atoms with E-state index in [0.29, 0.717) is 21.4 Å². The number of imidazole rings is 1. The number of benzene rings is 2. The first-order valence-electron chi connectivity index (χ1n) is 8.80. The van der Waals surface area contributed by atoms with Crippen molar-refractivity contribution in [1.82, 2.24) is 18.7 Å². The van der Waals surface area contributed by atoms with Crippen LogP contribution in [-0.4, -0.2) is 18.7 Å². The third-order valence-corrected chi connectivity index (χ3v) is 5.41. The molecule has 0 aliphatic rings. The van der Waals surface area contributed by atoms with Crippen LogP contribution in [0, 0.1) is 5.82 Å². The van der Waals surface area contributed by atoms with Crippen LogP contribution in [0.15, 0.2) is 52.1 Å². The summed E-state index contributed by atoms with van der Waals surface area (Å²) in [6, 6.07) is 10.4. The molecule has 10 heteroatoms. The Hall–Kier alpha value is -3.10. The Morgan fingerprint density at radius 2 is 1.70 bits per heavy atom. The molecule has 154 valence electrons. The van der Waals surface area contributed by atoms with Crippen molar-refractivity contribution in [3.8, 4) is 11.8 Å². The third-order valence-electron chi connectivity index (χ3n) is 4.67.